The second-order valence-corrected chi connectivity index (χ2v) is 5.98. The summed E-state index contributed by atoms with van der Waals surface area (Å²) in [5.41, 5.74) is 2.28. The monoisotopic (exact) mass is 301 g/mol. The van der Waals surface area contributed by atoms with Gasteiger partial charge < -0.3 is 10.2 Å². The zero-order valence-electron chi connectivity index (χ0n) is 12.2. The number of nitrogens with one attached hydrogen (secondary N) is 1. The molecule has 0 radical (unpaired) electrons. The van der Waals surface area contributed by atoms with Crippen molar-refractivity contribution in [1.29, 1.82) is 0 Å². The number of hydrogen-bond acceptors (Lipinski definition) is 3. The van der Waals surface area contributed by atoms with Crippen LogP contribution in [-0.4, -0.2) is 24.1 Å². The van der Waals surface area contributed by atoms with E-state index in [-0.39, 0.29) is 0 Å². The van der Waals surface area contributed by atoms with E-state index in [1.165, 1.54) is 5.56 Å². The molecule has 0 saturated carbocycles. The highest BCUT2D eigenvalue weighted by atomic mass is 35.5. The van der Waals surface area contributed by atoms with Crippen molar-refractivity contribution in [3.05, 3.63) is 53.2 Å². The Hall–Kier alpha value is -1.74. The molecule has 0 bridgehead atoms. The van der Waals surface area contributed by atoms with Gasteiger partial charge in [0.05, 0.1) is 10.7 Å². The number of benzene rings is 1. The van der Waals surface area contributed by atoms with E-state index in [2.05, 4.69) is 34.3 Å². The molecule has 21 heavy (non-hydrogen) atoms. The molecule has 1 N–H and O–H groups in total. The summed E-state index contributed by atoms with van der Waals surface area (Å²) in [6.45, 7) is 4.14. The molecule has 110 valence electrons. The lowest BCUT2D eigenvalue weighted by molar-refractivity contribution is 0.523. The first-order valence-electron chi connectivity index (χ1n) is 7.41. The molecule has 1 aliphatic heterocycles. The molecule has 3 nitrogen and oxygen atoms in total. The number of aromatic nitrogens is 1. The first kappa shape index (κ1) is 14.2. The van der Waals surface area contributed by atoms with Crippen molar-refractivity contribution in [3.63, 3.8) is 0 Å². The summed E-state index contributed by atoms with van der Waals surface area (Å²) in [6.07, 6.45) is 4.05. The molecule has 0 unspecified atom stereocenters. The molecule has 4 heteroatoms. The quantitative estimate of drug-likeness (QED) is 0.924. The molecule has 1 aromatic carbocycles. The summed E-state index contributed by atoms with van der Waals surface area (Å²) in [6, 6.07) is 12.7. The van der Waals surface area contributed by atoms with Gasteiger partial charge in [0.1, 0.15) is 5.82 Å². The molecule has 1 saturated heterocycles. The van der Waals surface area contributed by atoms with Crippen molar-refractivity contribution in [1.82, 2.24) is 4.98 Å². The fraction of sp³-hybridized carbons (Fsp3) is 0.353. The van der Waals surface area contributed by atoms with E-state index in [9.17, 15) is 0 Å². The van der Waals surface area contributed by atoms with Crippen LogP contribution in [0.15, 0.2) is 42.6 Å². The van der Waals surface area contributed by atoms with Crippen LogP contribution >= 0.6 is 11.6 Å². The lowest BCUT2D eigenvalue weighted by Crippen LogP contribution is -2.39. The van der Waals surface area contributed by atoms with Crippen LogP contribution in [0.1, 0.15) is 18.4 Å². The van der Waals surface area contributed by atoms with Gasteiger partial charge in [-0.2, -0.15) is 0 Å². The van der Waals surface area contributed by atoms with Crippen LogP contribution in [0.3, 0.4) is 0 Å². The molecule has 2 heterocycles. The molecule has 1 aliphatic rings. The molecule has 2 aromatic rings. The Morgan fingerprint density at radius 3 is 2.71 bits per heavy atom. The minimum absolute atomic E-state index is 0.476. The van der Waals surface area contributed by atoms with Crippen molar-refractivity contribution in [2.24, 2.45) is 0 Å². The van der Waals surface area contributed by atoms with Crippen LogP contribution in [0.4, 0.5) is 11.5 Å². The molecule has 3 rings (SSSR count). The predicted octanol–water partition coefficient (Wildman–Crippen LogP) is 4.12. The summed E-state index contributed by atoms with van der Waals surface area (Å²) in [5.74, 6) is 1.07. The maximum Gasteiger partial charge on any atom is 0.128 e. The Labute approximate surface area is 131 Å². The van der Waals surface area contributed by atoms with Crippen LogP contribution in [0, 0.1) is 6.92 Å². The highest BCUT2D eigenvalue weighted by Crippen LogP contribution is 2.26. The zero-order valence-corrected chi connectivity index (χ0v) is 13.0. The normalized spacial score (nSPS) is 16.0. The largest absolute Gasteiger partial charge is 0.381 e. The van der Waals surface area contributed by atoms with Gasteiger partial charge in [-0.25, -0.2) is 4.98 Å². The van der Waals surface area contributed by atoms with Gasteiger partial charge in [-0.3, -0.25) is 0 Å². The Bertz CT molecular complexity index is 592. The highest BCUT2D eigenvalue weighted by Gasteiger charge is 2.20. The molecule has 1 fully saturated rings. The zero-order chi connectivity index (χ0) is 14.7. The SMILES string of the molecule is Cc1ccc(Cl)c(NC2CCN(c3ccccn3)CC2)c1. The smallest absolute Gasteiger partial charge is 0.128 e. The van der Waals surface area contributed by atoms with E-state index >= 15 is 0 Å². The Kier molecular flexibility index (Phi) is 4.30. The van der Waals surface area contributed by atoms with Gasteiger partial charge >= 0.3 is 0 Å². The van der Waals surface area contributed by atoms with Gasteiger partial charge in [-0.15, -0.1) is 0 Å². The number of piperidine rings is 1. The van der Waals surface area contributed by atoms with Gasteiger partial charge in [-0.05, 0) is 49.6 Å². The average molecular weight is 302 g/mol. The molecule has 0 amide bonds. The van der Waals surface area contributed by atoms with Crippen LogP contribution in [0.2, 0.25) is 5.02 Å². The molecule has 0 atom stereocenters. The minimum Gasteiger partial charge on any atom is -0.381 e. The van der Waals surface area contributed by atoms with Gasteiger partial charge in [0.2, 0.25) is 0 Å². The van der Waals surface area contributed by atoms with Crippen molar-refractivity contribution in [2.45, 2.75) is 25.8 Å². The summed E-state index contributed by atoms with van der Waals surface area (Å²) in [4.78, 5) is 6.76. The number of aryl methyl sites for hydroxylation is 1. The maximum absolute atomic E-state index is 6.26. The number of halogens is 1. The molecular weight excluding hydrogens is 282 g/mol. The second-order valence-electron chi connectivity index (χ2n) is 5.58. The van der Waals surface area contributed by atoms with Gasteiger partial charge in [0, 0.05) is 25.3 Å². The Balaban J connectivity index is 1.60. The molecule has 0 spiro atoms. The number of hydrogen-bond donors (Lipinski definition) is 1. The number of anilines is 2. The number of pyridine rings is 1. The van der Waals surface area contributed by atoms with Crippen LogP contribution < -0.4 is 10.2 Å². The van der Waals surface area contributed by atoms with Crippen molar-refractivity contribution < 1.29 is 0 Å². The summed E-state index contributed by atoms with van der Waals surface area (Å²) in [7, 11) is 0. The minimum atomic E-state index is 0.476. The van der Waals surface area contributed by atoms with Gasteiger partial charge in [0.15, 0.2) is 0 Å². The standard InChI is InChI=1S/C17H20ClN3/c1-13-5-6-15(18)16(12-13)20-14-7-10-21(11-8-14)17-4-2-3-9-19-17/h2-6,9,12,14,20H,7-8,10-11H2,1H3. The maximum atomic E-state index is 6.26. The first-order valence-corrected chi connectivity index (χ1v) is 7.79. The van der Waals surface area contributed by atoms with Crippen LogP contribution in [0.5, 0.6) is 0 Å². The average Bonchev–Trinajstić information content (AvgIpc) is 2.53. The lowest BCUT2D eigenvalue weighted by Gasteiger charge is -2.33. The van der Waals surface area contributed by atoms with E-state index in [1.54, 1.807) is 0 Å². The fourth-order valence-electron chi connectivity index (χ4n) is 2.76. The number of nitrogens with zero attached hydrogens (tertiary/aromatic N) is 2. The summed E-state index contributed by atoms with van der Waals surface area (Å²) < 4.78 is 0. The molecule has 1 aromatic heterocycles. The summed E-state index contributed by atoms with van der Waals surface area (Å²) in [5, 5.41) is 4.38. The van der Waals surface area contributed by atoms with Gasteiger partial charge in [-0.1, -0.05) is 23.7 Å². The fourth-order valence-corrected chi connectivity index (χ4v) is 2.94. The van der Waals surface area contributed by atoms with Gasteiger partial charge in [0.25, 0.3) is 0 Å². The third kappa shape index (κ3) is 3.48. The third-order valence-electron chi connectivity index (χ3n) is 3.95. The highest BCUT2D eigenvalue weighted by molar-refractivity contribution is 6.33. The first-order chi connectivity index (χ1) is 10.2. The molecule has 0 aliphatic carbocycles. The van der Waals surface area contributed by atoms with E-state index < -0.39 is 0 Å². The van der Waals surface area contributed by atoms with Crippen molar-refractivity contribution in [2.75, 3.05) is 23.3 Å². The second kappa shape index (κ2) is 6.35. The number of rotatable bonds is 3. The third-order valence-corrected chi connectivity index (χ3v) is 4.28. The topological polar surface area (TPSA) is 28.2 Å². The van der Waals surface area contributed by atoms with Crippen molar-refractivity contribution in [3.8, 4) is 0 Å². The van der Waals surface area contributed by atoms with E-state index in [4.69, 9.17) is 11.6 Å². The predicted molar refractivity (Wildman–Crippen MR) is 89.3 cm³/mol. The summed E-state index contributed by atoms with van der Waals surface area (Å²) >= 11 is 6.26. The van der Waals surface area contributed by atoms with Crippen LogP contribution in [0.25, 0.3) is 0 Å². The van der Waals surface area contributed by atoms with E-state index in [1.807, 2.05) is 30.5 Å². The lowest BCUT2D eigenvalue weighted by atomic mass is 10.0. The van der Waals surface area contributed by atoms with E-state index in [0.29, 0.717) is 6.04 Å². The van der Waals surface area contributed by atoms with E-state index in [0.717, 1.165) is 42.5 Å². The van der Waals surface area contributed by atoms with Crippen molar-refractivity contribution >= 4 is 23.1 Å². The Morgan fingerprint density at radius 2 is 2.00 bits per heavy atom. The molecular formula is C17H20ClN3. The van der Waals surface area contributed by atoms with Crippen LogP contribution in [-0.2, 0) is 0 Å². The Morgan fingerprint density at radius 1 is 1.19 bits per heavy atom.